The zero-order valence-electron chi connectivity index (χ0n) is 17.1. The van der Waals surface area contributed by atoms with Crippen LogP contribution < -0.4 is 10.5 Å². The number of likely N-dealkylation sites (tertiary alicyclic amines) is 1. The van der Waals surface area contributed by atoms with Crippen LogP contribution in [-0.4, -0.2) is 56.6 Å². The Morgan fingerprint density at radius 2 is 1.97 bits per heavy atom. The van der Waals surface area contributed by atoms with E-state index in [0.717, 1.165) is 23.2 Å². The molecule has 0 saturated carbocycles. The van der Waals surface area contributed by atoms with Crippen LogP contribution in [0.5, 0.6) is 5.88 Å². The number of carbonyl (C=O) groups is 1. The lowest BCUT2D eigenvalue weighted by atomic mass is 10.1. The van der Waals surface area contributed by atoms with E-state index in [1.54, 1.807) is 27.7 Å². The highest BCUT2D eigenvalue weighted by molar-refractivity contribution is 5.96. The normalized spacial score (nSPS) is 16.1. The van der Waals surface area contributed by atoms with Gasteiger partial charge in [-0.3, -0.25) is 4.79 Å². The topological polar surface area (TPSA) is 98.6 Å². The largest absolute Gasteiger partial charge is 0.481 e. The third-order valence-electron chi connectivity index (χ3n) is 5.48. The summed E-state index contributed by atoms with van der Waals surface area (Å²) in [5.41, 5.74) is 10.3. The molecule has 0 aliphatic carbocycles. The Labute approximate surface area is 179 Å². The van der Waals surface area contributed by atoms with Gasteiger partial charge in [0.2, 0.25) is 5.88 Å². The Morgan fingerprint density at radius 1 is 1.13 bits per heavy atom. The Balaban J connectivity index is 1.58. The summed E-state index contributed by atoms with van der Waals surface area (Å²) < 4.78 is 7.08. The molecule has 1 aliphatic rings. The zero-order chi connectivity index (χ0) is 21.4. The molecule has 4 heterocycles. The second kappa shape index (κ2) is 7.81. The van der Waals surface area contributed by atoms with Crippen molar-refractivity contribution in [3.63, 3.8) is 0 Å². The van der Waals surface area contributed by atoms with Crippen LogP contribution in [0.2, 0.25) is 0 Å². The highest BCUT2D eigenvalue weighted by Crippen LogP contribution is 2.28. The van der Waals surface area contributed by atoms with E-state index in [2.05, 4.69) is 10.1 Å². The zero-order valence-corrected chi connectivity index (χ0v) is 17.1. The number of carbonyl (C=O) groups excluding carboxylic acids is 1. The molecular weight excluding hydrogens is 392 g/mol. The van der Waals surface area contributed by atoms with Crippen LogP contribution in [0.25, 0.3) is 28.2 Å². The van der Waals surface area contributed by atoms with Gasteiger partial charge in [-0.2, -0.15) is 5.10 Å². The minimum Gasteiger partial charge on any atom is -0.481 e. The van der Waals surface area contributed by atoms with Crippen LogP contribution in [0.1, 0.15) is 16.8 Å². The van der Waals surface area contributed by atoms with Crippen molar-refractivity contribution in [1.82, 2.24) is 24.5 Å². The van der Waals surface area contributed by atoms with E-state index in [1.165, 1.54) is 7.11 Å². The number of rotatable bonds is 4. The minimum absolute atomic E-state index is 0.0207. The van der Waals surface area contributed by atoms with Gasteiger partial charge in [-0.25, -0.2) is 14.5 Å². The lowest BCUT2D eigenvalue weighted by Gasteiger charge is -2.16. The number of hydrogen-bond acceptors (Lipinski definition) is 6. The predicted octanol–water partition coefficient (Wildman–Crippen LogP) is 2.64. The molecule has 0 radical (unpaired) electrons. The van der Waals surface area contributed by atoms with E-state index in [-0.39, 0.29) is 11.9 Å². The van der Waals surface area contributed by atoms with Crippen LogP contribution in [0, 0.1) is 0 Å². The Kier molecular flexibility index (Phi) is 4.83. The number of hydrogen-bond donors (Lipinski definition) is 1. The maximum absolute atomic E-state index is 13.0. The molecule has 8 nitrogen and oxygen atoms in total. The van der Waals surface area contributed by atoms with E-state index in [9.17, 15) is 4.79 Å². The second-order valence-electron chi connectivity index (χ2n) is 7.59. The molecule has 1 saturated heterocycles. The summed E-state index contributed by atoms with van der Waals surface area (Å²) in [6.07, 6.45) is 4.38. The molecule has 1 aliphatic heterocycles. The van der Waals surface area contributed by atoms with Crippen LogP contribution in [0.15, 0.2) is 60.9 Å². The standard InChI is InChI=1S/C23H22N6O2/c1-31-21-12-16(23(30)28-9-7-17(24)14-28)11-20(26-21)18-13-25-29-10-8-19(27-22(18)29)15-5-3-2-4-6-15/h2-6,8,10-13,17H,7,9,14,24H2,1H3. The van der Waals surface area contributed by atoms with Gasteiger partial charge in [0.15, 0.2) is 5.65 Å². The van der Waals surface area contributed by atoms with E-state index < -0.39 is 0 Å². The van der Waals surface area contributed by atoms with E-state index in [4.69, 9.17) is 15.5 Å². The third kappa shape index (κ3) is 3.62. The fraction of sp³-hybridized carbons (Fsp3) is 0.217. The first-order valence-corrected chi connectivity index (χ1v) is 10.1. The molecular formula is C23H22N6O2. The maximum Gasteiger partial charge on any atom is 0.254 e. The van der Waals surface area contributed by atoms with Gasteiger partial charge >= 0.3 is 0 Å². The van der Waals surface area contributed by atoms with Gasteiger partial charge < -0.3 is 15.4 Å². The first-order valence-electron chi connectivity index (χ1n) is 10.1. The van der Waals surface area contributed by atoms with Crippen molar-refractivity contribution in [2.45, 2.75) is 12.5 Å². The molecule has 1 unspecified atom stereocenters. The average Bonchev–Trinajstić information content (AvgIpc) is 3.44. The number of amides is 1. The number of nitrogens with zero attached hydrogens (tertiary/aromatic N) is 5. The van der Waals surface area contributed by atoms with Crippen LogP contribution in [0.4, 0.5) is 0 Å². The van der Waals surface area contributed by atoms with Gasteiger partial charge in [-0.15, -0.1) is 0 Å². The highest BCUT2D eigenvalue weighted by atomic mass is 16.5. The van der Waals surface area contributed by atoms with Crippen molar-refractivity contribution >= 4 is 11.6 Å². The lowest BCUT2D eigenvalue weighted by Crippen LogP contribution is -2.31. The molecule has 156 valence electrons. The van der Waals surface area contributed by atoms with Gasteiger partial charge in [0.25, 0.3) is 5.91 Å². The second-order valence-corrected chi connectivity index (χ2v) is 7.59. The molecule has 4 aromatic rings. The Bertz CT molecular complexity index is 1250. The van der Waals surface area contributed by atoms with Crippen LogP contribution in [-0.2, 0) is 0 Å². The van der Waals surface area contributed by atoms with Gasteiger partial charge in [-0.1, -0.05) is 30.3 Å². The Hall–Kier alpha value is -3.78. The van der Waals surface area contributed by atoms with E-state index in [1.807, 2.05) is 42.6 Å². The number of ether oxygens (including phenoxy) is 1. The van der Waals surface area contributed by atoms with E-state index >= 15 is 0 Å². The maximum atomic E-state index is 13.0. The van der Waals surface area contributed by atoms with Gasteiger partial charge in [0.1, 0.15) is 0 Å². The van der Waals surface area contributed by atoms with Crippen molar-refractivity contribution in [3.8, 4) is 28.4 Å². The molecule has 8 heteroatoms. The molecule has 1 aromatic carbocycles. The fourth-order valence-electron chi connectivity index (χ4n) is 3.84. The number of pyridine rings is 1. The van der Waals surface area contributed by atoms with Crippen LogP contribution in [0.3, 0.4) is 0 Å². The summed E-state index contributed by atoms with van der Waals surface area (Å²) in [6, 6.07) is 15.3. The summed E-state index contributed by atoms with van der Waals surface area (Å²) in [5, 5.41) is 4.41. The van der Waals surface area contributed by atoms with E-state index in [0.29, 0.717) is 35.9 Å². The third-order valence-corrected chi connectivity index (χ3v) is 5.48. The lowest BCUT2D eigenvalue weighted by molar-refractivity contribution is 0.0790. The minimum atomic E-state index is -0.0793. The smallest absolute Gasteiger partial charge is 0.254 e. The summed E-state index contributed by atoms with van der Waals surface area (Å²) in [4.78, 5) is 24.2. The van der Waals surface area contributed by atoms with Crippen molar-refractivity contribution in [2.24, 2.45) is 5.73 Å². The number of benzene rings is 1. The summed E-state index contributed by atoms with van der Waals surface area (Å²) in [7, 11) is 1.54. The molecule has 31 heavy (non-hydrogen) atoms. The van der Waals surface area contributed by atoms with Crippen molar-refractivity contribution < 1.29 is 9.53 Å². The average molecular weight is 414 g/mol. The molecule has 0 bridgehead atoms. The number of aromatic nitrogens is 4. The molecule has 1 atom stereocenters. The van der Waals surface area contributed by atoms with Crippen LogP contribution >= 0.6 is 0 Å². The van der Waals surface area contributed by atoms with Gasteiger partial charge in [0, 0.05) is 42.5 Å². The summed E-state index contributed by atoms with van der Waals surface area (Å²) >= 11 is 0. The molecule has 2 N–H and O–H groups in total. The molecule has 0 spiro atoms. The fourth-order valence-corrected chi connectivity index (χ4v) is 3.84. The number of fused-ring (bicyclic) bond motifs is 1. The highest BCUT2D eigenvalue weighted by Gasteiger charge is 2.26. The summed E-state index contributed by atoms with van der Waals surface area (Å²) in [6.45, 7) is 1.20. The van der Waals surface area contributed by atoms with Crippen molar-refractivity contribution in [3.05, 3.63) is 66.5 Å². The first-order chi connectivity index (χ1) is 15.1. The number of nitrogens with two attached hydrogens (primary N) is 1. The van der Waals surface area contributed by atoms with Gasteiger partial charge in [0.05, 0.1) is 30.3 Å². The van der Waals surface area contributed by atoms with Crippen molar-refractivity contribution in [1.29, 1.82) is 0 Å². The predicted molar refractivity (Wildman–Crippen MR) is 117 cm³/mol. The quantitative estimate of drug-likeness (QED) is 0.551. The van der Waals surface area contributed by atoms with Gasteiger partial charge in [-0.05, 0) is 18.6 Å². The molecule has 3 aromatic heterocycles. The molecule has 5 rings (SSSR count). The SMILES string of the molecule is COc1cc(C(=O)N2CCC(N)C2)cc(-c2cnn3ccc(-c4ccccc4)nc23)n1. The molecule has 1 amide bonds. The summed E-state index contributed by atoms with van der Waals surface area (Å²) in [5.74, 6) is 0.284. The Morgan fingerprint density at radius 3 is 2.71 bits per heavy atom. The molecule has 1 fully saturated rings. The number of methoxy groups -OCH3 is 1. The van der Waals surface area contributed by atoms with Crippen molar-refractivity contribution in [2.75, 3.05) is 20.2 Å². The monoisotopic (exact) mass is 414 g/mol. The first kappa shape index (κ1) is 19.2.